The monoisotopic (exact) mass is 305 g/mol. The summed E-state index contributed by atoms with van der Waals surface area (Å²) in [4.78, 5) is 26.2. The molecule has 0 saturated carbocycles. The van der Waals surface area contributed by atoms with Crippen LogP contribution in [0.3, 0.4) is 0 Å². The Morgan fingerprint density at radius 2 is 2.24 bits per heavy atom. The van der Waals surface area contributed by atoms with Crippen LogP contribution in [0.15, 0.2) is 23.6 Å². The topological polar surface area (TPSA) is 85.1 Å². The number of nitro groups is 1. The molecule has 0 spiro atoms. The molecule has 0 amide bonds. The van der Waals surface area contributed by atoms with Gasteiger partial charge in [0.25, 0.3) is 5.69 Å². The molecule has 21 heavy (non-hydrogen) atoms. The lowest BCUT2D eigenvalue weighted by molar-refractivity contribution is -0.384. The predicted molar refractivity (Wildman–Crippen MR) is 82.1 cm³/mol. The second-order valence-electron chi connectivity index (χ2n) is 4.58. The number of rotatable bonds is 6. The summed E-state index contributed by atoms with van der Waals surface area (Å²) in [6, 6.07) is 4.46. The molecule has 0 saturated heterocycles. The normalized spacial score (nSPS) is 10.4. The van der Waals surface area contributed by atoms with Crippen molar-refractivity contribution in [3.8, 4) is 0 Å². The van der Waals surface area contributed by atoms with E-state index < -0.39 is 4.92 Å². The van der Waals surface area contributed by atoms with Gasteiger partial charge in [0.1, 0.15) is 5.69 Å². The largest absolute Gasteiger partial charge is 0.379 e. The summed E-state index contributed by atoms with van der Waals surface area (Å²) in [6.45, 7) is 3.87. The number of anilines is 1. The predicted octanol–water partition coefficient (Wildman–Crippen LogP) is 3.22. The van der Waals surface area contributed by atoms with Crippen molar-refractivity contribution >= 4 is 28.5 Å². The minimum absolute atomic E-state index is 0.0860. The zero-order valence-corrected chi connectivity index (χ0v) is 12.6. The number of carbonyl (C=O) groups is 1. The highest BCUT2D eigenvalue weighted by atomic mass is 32.1. The third-order valence-electron chi connectivity index (χ3n) is 2.96. The van der Waals surface area contributed by atoms with Crippen LogP contribution in [-0.4, -0.2) is 22.2 Å². The molecule has 2 rings (SSSR count). The highest BCUT2D eigenvalue weighted by Gasteiger charge is 2.15. The Bertz CT molecular complexity index is 682. The Kier molecular flexibility index (Phi) is 4.64. The number of aromatic nitrogens is 1. The van der Waals surface area contributed by atoms with Gasteiger partial charge < -0.3 is 5.32 Å². The van der Waals surface area contributed by atoms with Crippen LogP contribution in [0.1, 0.15) is 28.0 Å². The lowest BCUT2D eigenvalue weighted by Gasteiger charge is -2.07. The Morgan fingerprint density at radius 1 is 1.48 bits per heavy atom. The average molecular weight is 305 g/mol. The van der Waals surface area contributed by atoms with E-state index in [0.29, 0.717) is 24.2 Å². The van der Waals surface area contributed by atoms with Crippen LogP contribution in [0, 0.1) is 17.0 Å². The second kappa shape index (κ2) is 6.45. The molecular weight excluding hydrogens is 290 g/mol. The van der Waals surface area contributed by atoms with Crippen molar-refractivity contribution in [2.24, 2.45) is 0 Å². The van der Waals surface area contributed by atoms with E-state index in [9.17, 15) is 14.9 Å². The van der Waals surface area contributed by atoms with E-state index in [1.807, 2.05) is 12.3 Å². The number of nitrogens with zero attached hydrogens (tertiary/aromatic N) is 2. The number of aryl methyl sites for hydroxylation is 1. The maximum Gasteiger partial charge on any atom is 0.293 e. The van der Waals surface area contributed by atoms with Gasteiger partial charge in [0.05, 0.1) is 15.6 Å². The third kappa shape index (κ3) is 3.85. The molecule has 1 heterocycles. The summed E-state index contributed by atoms with van der Waals surface area (Å²) in [7, 11) is 0. The minimum atomic E-state index is -0.484. The molecular formula is C14H15N3O3S. The van der Waals surface area contributed by atoms with E-state index in [0.717, 1.165) is 10.7 Å². The number of hydrogen-bond donors (Lipinski definition) is 1. The molecule has 0 aliphatic carbocycles. The molecule has 1 aromatic heterocycles. The fraction of sp³-hybridized carbons (Fsp3) is 0.286. The van der Waals surface area contributed by atoms with Gasteiger partial charge in [0.2, 0.25) is 0 Å². The van der Waals surface area contributed by atoms with Crippen LogP contribution < -0.4 is 5.32 Å². The fourth-order valence-corrected chi connectivity index (χ4v) is 2.55. The number of carbonyl (C=O) groups excluding carboxylic acids is 1. The SMILES string of the molecule is CC(=O)c1ccc(NCCc2csc(C)n2)c([N+](=O)[O-])c1. The molecule has 0 radical (unpaired) electrons. The van der Waals surface area contributed by atoms with Gasteiger partial charge in [-0.25, -0.2) is 4.98 Å². The Labute approximate surface area is 126 Å². The summed E-state index contributed by atoms with van der Waals surface area (Å²) in [6.07, 6.45) is 0.690. The quantitative estimate of drug-likeness (QED) is 0.503. The summed E-state index contributed by atoms with van der Waals surface area (Å²) in [5.74, 6) is -0.192. The molecule has 7 heteroatoms. The van der Waals surface area contributed by atoms with Crippen molar-refractivity contribution in [2.45, 2.75) is 20.3 Å². The molecule has 2 aromatic rings. The first kappa shape index (κ1) is 15.1. The highest BCUT2D eigenvalue weighted by Crippen LogP contribution is 2.25. The molecule has 0 fully saturated rings. The number of thiazole rings is 1. The van der Waals surface area contributed by atoms with Crippen LogP contribution in [0.4, 0.5) is 11.4 Å². The van der Waals surface area contributed by atoms with E-state index in [1.54, 1.807) is 23.5 Å². The van der Waals surface area contributed by atoms with Gasteiger partial charge in [-0.1, -0.05) is 0 Å². The van der Waals surface area contributed by atoms with Crippen molar-refractivity contribution in [1.29, 1.82) is 0 Å². The van der Waals surface area contributed by atoms with E-state index >= 15 is 0 Å². The van der Waals surface area contributed by atoms with E-state index in [4.69, 9.17) is 0 Å². The van der Waals surface area contributed by atoms with E-state index in [1.165, 1.54) is 13.0 Å². The number of benzene rings is 1. The van der Waals surface area contributed by atoms with Gasteiger partial charge in [-0.15, -0.1) is 11.3 Å². The minimum Gasteiger partial charge on any atom is -0.379 e. The van der Waals surface area contributed by atoms with Crippen molar-refractivity contribution in [2.75, 3.05) is 11.9 Å². The van der Waals surface area contributed by atoms with Gasteiger partial charge in [-0.05, 0) is 26.0 Å². The second-order valence-corrected chi connectivity index (χ2v) is 5.64. The fourth-order valence-electron chi connectivity index (χ4n) is 1.90. The van der Waals surface area contributed by atoms with Crippen LogP contribution in [-0.2, 0) is 6.42 Å². The summed E-state index contributed by atoms with van der Waals surface area (Å²) >= 11 is 1.58. The average Bonchev–Trinajstić information content (AvgIpc) is 2.84. The smallest absolute Gasteiger partial charge is 0.293 e. The van der Waals surface area contributed by atoms with Gasteiger partial charge >= 0.3 is 0 Å². The molecule has 0 aliphatic rings. The molecule has 0 unspecified atom stereocenters. The summed E-state index contributed by atoms with van der Waals surface area (Å²) in [5.41, 5.74) is 1.63. The standard InChI is InChI=1S/C14H15N3O3S/c1-9(18)11-3-4-13(14(7-11)17(19)20)15-6-5-12-8-21-10(2)16-12/h3-4,7-8,15H,5-6H2,1-2H3. The summed E-state index contributed by atoms with van der Waals surface area (Å²) < 4.78 is 0. The molecule has 0 atom stereocenters. The first-order chi connectivity index (χ1) is 9.97. The Hall–Kier alpha value is -2.28. The number of nitro benzene ring substituents is 1. The molecule has 1 N–H and O–H groups in total. The number of nitrogens with one attached hydrogen (secondary N) is 1. The van der Waals surface area contributed by atoms with Crippen LogP contribution in [0.2, 0.25) is 0 Å². The zero-order valence-electron chi connectivity index (χ0n) is 11.8. The Balaban J connectivity index is 2.08. The van der Waals surface area contributed by atoms with Gasteiger partial charge in [0, 0.05) is 30.0 Å². The molecule has 6 nitrogen and oxygen atoms in total. The highest BCUT2D eigenvalue weighted by molar-refractivity contribution is 7.09. The van der Waals surface area contributed by atoms with E-state index in [2.05, 4.69) is 10.3 Å². The number of hydrogen-bond acceptors (Lipinski definition) is 6. The van der Waals surface area contributed by atoms with Crippen molar-refractivity contribution in [3.05, 3.63) is 50.0 Å². The molecule has 0 aliphatic heterocycles. The first-order valence-electron chi connectivity index (χ1n) is 6.41. The van der Waals surface area contributed by atoms with Crippen molar-refractivity contribution in [1.82, 2.24) is 4.98 Å². The molecule has 0 bridgehead atoms. The maximum absolute atomic E-state index is 11.3. The van der Waals surface area contributed by atoms with Gasteiger partial charge in [-0.3, -0.25) is 14.9 Å². The van der Waals surface area contributed by atoms with E-state index in [-0.39, 0.29) is 11.5 Å². The maximum atomic E-state index is 11.3. The van der Waals surface area contributed by atoms with Crippen molar-refractivity contribution < 1.29 is 9.72 Å². The van der Waals surface area contributed by atoms with Crippen LogP contribution >= 0.6 is 11.3 Å². The van der Waals surface area contributed by atoms with Crippen molar-refractivity contribution in [3.63, 3.8) is 0 Å². The lowest BCUT2D eigenvalue weighted by Crippen LogP contribution is -2.08. The zero-order chi connectivity index (χ0) is 15.4. The number of Topliss-reactive ketones (excluding diaryl/α,β-unsaturated/α-hetero) is 1. The van der Waals surface area contributed by atoms with Gasteiger partial charge in [0.15, 0.2) is 5.78 Å². The van der Waals surface area contributed by atoms with Gasteiger partial charge in [-0.2, -0.15) is 0 Å². The lowest BCUT2D eigenvalue weighted by atomic mass is 10.1. The summed E-state index contributed by atoms with van der Waals surface area (Å²) in [5, 5.41) is 17.1. The molecule has 110 valence electrons. The molecule has 1 aromatic carbocycles. The number of ketones is 1. The van der Waals surface area contributed by atoms with Crippen LogP contribution in [0.5, 0.6) is 0 Å². The first-order valence-corrected chi connectivity index (χ1v) is 7.29. The Morgan fingerprint density at radius 3 is 2.81 bits per heavy atom. The third-order valence-corrected chi connectivity index (χ3v) is 3.79. The van der Waals surface area contributed by atoms with Crippen LogP contribution in [0.25, 0.3) is 0 Å².